The summed E-state index contributed by atoms with van der Waals surface area (Å²) in [7, 11) is 0. The summed E-state index contributed by atoms with van der Waals surface area (Å²) in [6.07, 6.45) is 3.60. The van der Waals surface area contributed by atoms with Gasteiger partial charge in [-0.05, 0) is 38.5 Å². The predicted molar refractivity (Wildman–Crippen MR) is 67.5 cm³/mol. The number of hydrogen-bond acceptors (Lipinski definition) is 2. The molecule has 17 heavy (non-hydrogen) atoms. The van der Waals surface area contributed by atoms with Crippen molar-refractivity contribution < 1.29 is 4.79 Å². The standard InChI is InChI=1S/C14H16N2O/c1-5-12(6-2)16-8-11-7-9(3)15-10(4)13(11)14(16)17/h5-7H,1,8H2,2-4H3/b12-6+. The number of carbonyl (C=O) groups is 1. The molecule has 0 bridgehead atoms. The van der Waals surface area contributed by atoms with Crippen molar-refractivity contribution in [3.05, 3.63) is 53.0 Å². The van der Waals surface area contributed by atoms with Gasteiger partial charge in [-0.1, -0.05) is 12.7 Å². The quantitative estimate of drug-likeness (QED) is 0.729. The molecule has 0 unspecified atom stereocenters. The summed E-state index contributed by atoms with van der Waals surface area (Å²) >= 11 is 0. The van der Waals surface area contributed by atoms with Gasteiger partial charge < -0.3 is 4.90 Å². The van der Waals surface area contributed by atoms with Crippen LogP contribution in [0.2, 0.25) is 0 Å². The number of aromatic nitrogens is 1. The van der Waals surface area contributed by atoms with E-state index in [0.29, 0.717) is 6.54 Å². The summed E-state index contributed by atoms with van der Waals surface area (Å²) in [5.41, 5.74) is 4.42. The fourth-order valence-corrected chi connectivity index (χ4v) is 2.30. The first-order chi connectivity index (χ1) is 8.08. The van der Waals surface area contributed by atoms with Gasteiger partial charge in [0.2, 0.25) is 0 Å². The summed E-state index contributed by atoms with van der Waals surface area (Å²) in [5, 5.41) is 0. The lowest BCUT2D eigenvalue weighted by Gasteiger charge is -2.16. The molecule has 0 aliphatic carbocycles. The van der Waals surface area contributed by atoms with Crippen LogP contribution in [0, 0.1) is 13.8 Å². The van der Waals surface area contributed by atoms with Crippen LogP contribution in [-0.2, 0) is 6.54 Å². The molecule has 1 aromatic rings. The van der Waals surface area contributed by atoms with Gasteiger partial charge in [-0.15, -0.1) is 0 Å². The second kappa shape index (κ2) is 4.17. The fourth-order valence-electron chi connectivity index (χ4n) is 2.30. The zero-order chi connectivity index (χ0) is 12.6. The minimum atomic E-state index is 0.0259. The molecule has 0 saturated heterocycles. The summed E-state index contributed by atoms with van der Waals surface area (Å²) in [6, 6.07) is 1.98. The van der Waals surface area contributed by atoms with Crippen LogP contribution >= 0.6 is 0 Å². The first-order valence-corrected chi connectivity index (χ1v) is 5.66. The third kappa shape index (κ3) is 1.78. The number of nitrogens with zero attached hydrogens (tertiary/aromatic N) is 2. The van der Waals surface area contributed by atoms with Gasteiger partial charge in [0.1, 0.15) is 0 Å². The van der Waals surface area contributed by atoms with Gasteiger partial charge in [0.05, 0.1) is 17.8 Å². The largest absolute Gasteiger partial charge is 0.304 e. The Labute approximate surface area is 101 Å². The van der Waals surface area contributed by atoms with Crippen LogP contribution in [0.15, 0.2) is 30.5 Å². The Morgan fingerprint density at radius 2 is 2.24 bits per heavy atom. The number of allylic oxidation sites excluding steroid dienone is 2. The molecule has 0 spiro atoms. The van der Waals surface area contributed by atoms with E-state index in [1.165, 1.54) is 0 Å². The van der Waals surface area contributed by atoms with Crippen molar-refractivity contribution in [1.82, 2.24) is 9.88 Å². The maximum Gasteiger partial charge on any atom is 0.260 e. The maximum atomic E-state index is 12.3. The van der Waals surface area contributed by atoms with Crippen LogP contribution in [0.5, 0.6) is 0 Å². The monoisotopic (exact) mass is 228 g/mol. The number of fused-ring (bicyclic) bond motifs is 1. The average molecular weight is 228 g/mol. The molecule has 0 atom stereocenters. The third-order valence-electron chi connectivity index (χ3n) is 3.01. The first-order valence-electron chi connectivity index (χ1n) is 5.66. The van der Waals surface area contributed by atoms with Crippen molar-refractivity contribution >= 4 is 5.91 Å². The third-order valence-corrected chi connectivity index (χ3v) is 3.01. The van der Waals surface area contributed by atoms with E-state index < -0.39 is 0 Å². The molecule has 1 aromatic heterocycles. The molecule has 2 heterocycles. The molecule has 3 heteroatoms. The summed E-state index contributed by atoms with van der Waals surface area (Å²) in [6.45, 7) is 10.1. The Kier molecular flexibility index (Phi) is 2.84. The number of amides is 1. The Bertz CT molecular complexity index is 529. The molecule has 1 amide bonds. The number of pyridine rings is 1. The van der Waals surface area contributed by atoms with Gasteiger partial charge in [-0.2, -0.15) is 0 Å². The summed E-state index contributed by atoms with van der Waals surface area (Å²) in [5.74, 6) is 0.0259. The minimum absolute atomic E-state index is 0.0259. The lowest BCUT2D eigenvalue weighted by Crippen LogP contribution is -2.22. The second-order valence-corrected chi connectivity index (χ2v) is 4.19. The van der Waals surface area contributed by atoms with Gasteiger partial charge >= 0.3 is 0 Å². The molecule has 88 valence electrons. The lowest BCUT2D eigenvalue weighted by molar-refractivity contribution is 0.0830. The fraction of sp³-hybridized carbons (Fsp3) is 0.286. The molecule has 2 rings (SSSR count). The highest BCUT2D eigenvalue weighted by Crippen LogP contribution is 2.28. The number of hydrogen-bond donors (Lipinski definition) is 0. The molecule has 3 nitrogen and oxygen atoms in total. The molecule has 0 saturated carbocycles. The SMILES string of the molecule is C=C/C(=C\C)N1Cc2cc(C)nc(C)c2C1=O. The predicted octanol–water partition coefficient (Wildman–Crippen LogP) is 2.74. The van der Waals surface area contributed by atoms with Gasteiger partial charge in [-0.3, -0.25) is 9.78 Å². The van der Waals surface area contributed by atoms with E-state index in [0.717, 1.165) is 28.2 Å². The highest BCUT2D eigenvalue weighted by Gasteiger charge is 2.30. The van der Waals surface area contributed by atoms with E-state index >= 15 is 0 Å². The number of aryl methyl sites for hydroxylation is 2. The molecular weight excluding hydrogens is 212 g/mol. The normalized spacial score (nSPS) is 15.1. The van der Waals surface area contributed by atoms with Crippen molar-refractivity contribution in [1.29, 1.82) is 0 Å². The van der Waals surface area contributed by atoms with Crippen LogP contribution in [0.3, 0.4) is 0 Å². The van der Waals surface area contributed by atoms with Crippen LogP contribution in [-0.4, -0.2) is 15.8 Å². The van der Waals surface area contributed by atoms with Gasteiger partial charge in [-0.25, -0.2) is 0 Å². The van der Waals surface area contributed by atoms with Crippen molar-refractivity contribution in [2.75, 3.05) is 0 Å². The van der Waals surface area contributed by atoms with Gasteiger partial charge in [0.15, 0.2) is 0 Å². The lowest BCUT2D eigenvalue weighted by atomic mass is 10.1. The zero-order valence-electron chi connectivity index (χ0n) is 10.4. The van der Waals surface area contributed by atoms with Crippen molar-refractivity contribution in [2.45, 2.75) is 27.3 Å². The Morgan fingerprint density at radius 3 is 2.82 bits per heavy atom. The molecule has 1 aliphatic heterocycles. The summed E-state index contributed by atoms with van der Waals surface area (Å²) < 4.78 is 0. The van der Waals surface area contributed by atoms with Crippen LogP contribution < -0.4 is 0 Å². The number of rotatable bonds is 2. The van der Waals surface area contributed by atoms with Crippen LogP contribution in [0.4, 0.5) is 0 Å². The highest BCUT2D eigenvalue weighted by molar-refractivity contribution is 6.00. The Balaban J connectivity index is 2.49. The smallest absolute Gasteiger partial charge is 0.260 e. The van der Waals surface area contributed by atoms with Crippen molar-refractivity contribution in [2.24, 2.45) is 0 Å². The van der Waals surface area contributed by atoms with Crippen LogP contribution in [0.1, 0.15) is 34.2 Å². The van der Waals surface area contributed by atoms with Gasteiger partial charge in [0, 0.05) is 11.4 Å². The first kappa shape index (κ1) is 11.6. The Morgan fingerprint density at radius 1 is 1.53 bits per heavy atom. The highest BCUT2D eigenvalue weighted by atomic mass is 16.2. The van der Waals surface area contributed by atoms with E-state index in [2.05, 4.69) is 11.6 Å². The molecule has 0 radical (unpaired) electrons. The van der Waals surface area contributed by atoms with E-state index in [9.17, 15) is 4.79 Å². The molecule has 0 fully saturated rings. The topological polar surface area (TPSA) is 33.2 Å². The van der Waals surface area contributed by atoms with E-state index in [-0.39, 0.29) is 5.91 Å². The van der Waals surface area contributed by atoms with Crippen LogP contribution in [0.25, 0.3) is 0 Å². The molecule has 0 N–H and O–H groups in total. The van der Waals surface area contributed by atoms with Crippen molar-refractivity contribution in [3.8, 4) is 0 Å². The van der Waals surface area contributed by atoms with Crippen molar-refractivity contribution in [3.63, 3.8) is 0 Å². The molecular formula is C14H16N2O. The number of carbonyl (C=O) groups excluding carboxylic acids is 1. The minimum Gasteiger partial charge on any atom is -0.304 e. The van der Waals surface area contributed by atoms with E-state index in [1.807, 2.05) is 32.9 Å². The second-order valence-electron chi connectivity index (χ2n) is 4.19. The molecule has 1 aliphatic rings. The Hall–Kier alpha value is -1.90. The summed E-state index contributed by atoms with van der Waals surface area (Å²) in [4.78, 5) is 18.4. The van der Waals surface area contributed by atoms with Gasteiger partial charge in [0.25, 0.3) is 5.91 Å². The van der Waals surface area contributed by atoms with E-state index in [1.54, 1.807) is 11.0 Å². The average Bonchev–Trinajstić information content (AvgIpc) is 2.58. The maximum absolute atomic E-state index is 12.3. The van der Waals surface area contributed by atoms with E-state index in [4.69, 9.17) is 0 Å². The molecule has 0 aromatic carbocycles. The zero-order valence-corrected chi connectivity index (χ0v) is 10.4.